The van der Waals surface area contributed by atoms with Crippen molar-refractivity contribution in [3.63, 3.8) is 0 Å². The predicted octanol–water partition coefficient (Wildman–Crippen LogP) is 3.48. The maximum absolute atomic E-state index is 3.73. The van der Waals surface area contributed by atoms with Gasteiger partial charge in [-0.05, 0) is 59.9 Å². The Bertz CT molecular complexity index is 538. The first-order valence-electron chi connectivity index (χ1n) is 6.25. The van der Waals surface area contributed by atoms with Crippen LogP contribution in [-0.2, 0) is 0 Å². The van der Waals surface area contributed by atoms with Gasteiger partial charge in [0, 0.05) is 28.8 Å². The van der Waals surface area contributed by atoms with Gasteiger partial charge in [-0.2, -0.15) is 0 Å². The van der Waals surface area contributed by atoms with Crippen LogP contribution in [0.1, 0.15) is 30.0 Å². The van der Waals surface area contributed by atoms with Crippen LogP contribution in [0.3, 0.4) is 0 Å². The maximum Gasteiger partial charge on any atom is 0.0597 e. The molecule has 0 amide bonds. The largest absolute Gasteiger partial charge is 0.319 e. The van der Waals surface area contributed by atoms with Gasteiger partial charge in [-0.15, -0.1) is 0 Å². The van der Waals surface area contributed by atoms with Crippen molar-refractivity contribution in [1.82, 2.24) is 9.72 Å². The van der Waals surface area contributed by atoms with Crippen LogP contribution in [0.25, 0.3) is 5.52 Å². The number of pyridine rings is 1. The van der Waals surface area contributed by atoms with E-state index in [9.17, 15) is 0 Å². The first-order chi connectivity index (χ1) is 8.29. The summed E-state index contributed by atoms with van der Waals surface area (Å²) in [4.78, 5) is 0. The van der Waals surface area contributed by atoms with Gasteiger partial charge in [-0.25, -0.2) is 0 Å². The van der Waals surface area contributed by atoms with Crippen LogP contribution in [0, 0.1) is 6.92 Å². The third-order valence-electron chi connectivity index (χ3n) is 3.74. The highest BCUT2D eigenvalue weighted by atomic mass is 79.9. The molecule has 2 aromatic heterocycles. The second-order valence-electron chi connectivity index (χ2n) is 4.82. The molecule has 1 unspecified atom stereocenters. The predicted molar refractivity (Wildman–Crippen MR) is 74.7 cm³/mol. The SMILES string of the molecule is Cc1c(Br)c2ccccn2c1C1CCCNC1. The molecule has 2 aromatic rings. The Morgan fingerprint density at radius 2 is 2.29 bits per heavy atom. The van der Waals surface area contributed by atoms with Crippen LogP contribution in [0.15, 0.2) is 28.9 Å². The minimum Gasteiger partial charge on any atom is -0.319 e. The van der Waals surface area contributed by atoms with Crippen molar-refractivity contribution in [2.24, 2.45) is 0 Å². The van der Waals surface area contributed by atoms with Gasteiger partial charge in [0.25, 0.3) is 0 Å². The molecule has 0 aliphatic carbocycles. The van der Waals surface area contributed by atoms with Gasteiger partial charge < -0.3 is 9.72 Å². The molecule has 0 saturated carbocycles. The molecule has 3 heterocycles. The summed E-state index contributed by atoms with van der Waals surface area (Å²) >= 11 is 3.73. The van der Waals surface area contributed by atoms with Crippen molar-refractivity contribution < 1.29 is 0 Å². The molecule has 1 fully saturated rings. The lowest BCUT2D eigenvalue weighted by atomic mass is 9.94. The van der Waals surface area contributed by atoms with E-state index in [1.807, 2.05) is 0 Å². The number of hydrogen-bond donors (Lipinski definition) is 1. The number of aromatic nitrogens is 1. The van der Waals surface area contributed by atoms with E-state index in [0.717, 1.165) is 6.54 Å². The smallest absolute Gasteiger partial charge is 0.0597 e. The molecule has 1 aliphatic heterocycles. The van der Waals surface area contributed by atoms with Crippen molar-refractivity contribution >= 4 is 21.4 Å². The molecule has 0 radical (unpaired) electrons. The molecule has 1 atom stereocenters. The molecule has 0 aromatic carbocycles. The lowest BCUT2D eigenvalue weighted by Crippen LogP contribution is -2.29. The van der Waals surface area contributed by atoms with E-state index in [4.69, 9.17) is 0 Å². The fourth-order valence-corrected chi connectivity index (χ4v) is 3.43. The van der Waals surface area contributed by atoms with Crippen LogP contribution in [0.5, 0.6) is 0 Å². The quantitative estimate of drug-likeness (QED) is 0.851. The molecule has 3 heteroatoms. The summed E-state index contributed by atoms with van der Waals surface area (Å²) in [6, 6.07) is 6.39. The Morgan fingerprint density at radius 1 is 1.41 bits per heavy atom. The highest BCUT2D eigenvalue weighted by molar-refractivity contribution is 9.10. The first kappa shape index (κ1) is 11.3. The van der Waals surface area contributed by atoms with Crippen molar-refractivity contribution in [3.8, 4) is 0 Å². The molecule has 17 heavy (non-hydrogen) atoms. The van der Waals surface area contributed by atoms with E-state index in [-0.39, 0.29) is 0 Å². The number of nitrogens with zero attached hydrogens (tertiary/aromatic N) is 1. The van der Waals surface area contributed by atoms with Crippen LogP contribution < -0.4 is 5.32 Å². The Kier molecular flexibility index (Phi) is 2.97. The summed E-state index contributed by atoms with van der Waals surface area (Å²) < 4.78 is 3.59. The molecule has 0 bridgehead atoms. The standard InChI is InChI=1S/C14H17BrN2/c1-10-13(15)12-6-2-3-8-17(12)14(10)11-5-4-7-16-9-11/h2-3,6,8,11,16H,4-5,7,9H2,1H3. The third kappa shape index (κ3) is 1.81. The van der Waals surface area contributed by atoms with E-state index < -0.39 is 0 Å². The number of piperidine rings is 1. The number of halogens is 1. The minimum absolute atomic E-state index is 0.643. The van der Waals surface area contributed by atoms with E-state index in [0.29, 0.717) is 5.92 Å². The summed E-state index contributed by atoms with van der Waals surface area (Å²) in [6.07, 6.45) is 4.75. The molecule has 3 rings (SSSR count). The van der Waals surface area contributed by atoms with Gasteiger partial charge in [-0.1, -0.05) is 6.07 Å². The summed E-state index contributed by atoms with van der Waals surface area (Å²) in [5, 5.41) is 3.51. The van der Waals surface area contributed by atoms with Gasteiger partial charge in [0.1, 0.15) is 0 Å². The van der Waals surface area contributed by atoms with Gasteiger partial charge >= 0.3 is 0 Å². The Hall–Kier alpha value is -0.800. The third-order valence-corrected chi connectivity index (χ3v) is 4.74. The first-order valence-corrected chi connectivity index (χ1v) is 7.04. The van der Waals surface area contributed by atoms with E-state index in [1.54, 1.807) is 0 Å². The van der Waals surface area contributed by atoms with Gasteiger partial charge in [0.05, 0.1) is 5.52 Å². The number of rotatable bonds is 1. The molecule has 1 saturated heterocycles. The topological polar surface area (TPSA) is 16.4 Å². The Labute approximate surface area is 110 Å². The summed E-state index contributed by atoms with van der Waals surface area (Å²) in [5.74, 6) is 0.643. The molecular formula is C14H17BrN2. The van der Waals surface area contributed by atoms with Crippen LogP contribution >= 0.6 is 15.9 Å². The maximum atomic E-state index is 3.73. The van der Waals surface area contributed by atoms with Crippen LogP contribution in [0.4, 0.5) is 0 Å². The monoisotopic (exact) mass is 292 g/mol. The second-order valence-corrected chi connectivity index (χ2v) is 5.62. The molecular weight excluding hydrogens is 276 g/mol. The number of fused-ring (bicyclic) bond motifs is 1. The minimum atomic E-state index is 0.643. The average Bonchev–Trinajstić information content (AvgIpc) is 2.64. The molecule has 90 valence electrons. The second kappa shape index (κ2) is 4.46. The van der Waals surface area contributed by atoms with Crippen molar-refractivity contribution in [2.75, 3.05) is 13.1 Å². The fourth-order valence-electron chi connectivity index (χ4n) is 2.91. The molecule has 1 N–H and O–H groups in total. The zero-order valence-electron chi connectivity index (χ0n) is 10.0. The summed E-state index contributed by atoms with van der Waals surface area (Å²) in [6.45, 7) is 4.50. The van der Waals surface area contributed by atoms with Crippen molar-refractivity contribution in [2.45, 2.75) is 25.7 Å². The number of hydrogen-bond acceptors (Lipinski definition) is 1. The van der Waals surface area contributed by atoms with Gasteiger partial charge in [0.15, 0.2) is 0 Å². The summed E-state index contributed by atoms with van der Waals surface area (Å²) in [7, 11) is 0. The molecule has 1 aliphatic rings. The zero-order chi connectivity index (χ0) is 11.8. The molecule has 0 spiro atoms. The highest BCUT2D eigenvalue weighted by Gasteiger charge is 2.22. The highest BCUT2D eigenvalue weighted by Crippen LogP contribution is 2.34. The Balaban J connectivity index is 2.17. The van der Waals surface area contributed by atoms with Gasteiger partial charge in [-0.3, -0.25) is 0 Å². The average molecular weight is 293 g/mol. The normalized spacial score (nSPS) is 20.9. The van der Waals surface area contributed by atoms with Crippen molar-refractivity contribution in [3.05, 3.63) is 40.1 Å². The van der Waals surface area contributed by atoms with Crippen LogP contribution in [0.2, 0.25) is 0 Å². The van der Waals surface area contributed by atoms with Crippen molar-refractivity contribution in [1.29, 1.82) is 0 Å². The van der Waals surface area contributed by atoms with E-state index in [1.165, 1.54) is 40.6 Å². The van der Waals surface area contributed by atoms with E-state index >= 15 is 0 Å². The molecule has 2 nitrogen and oxygen atoms in total. The number of nitrogens with one attached hydrogen (secondary N) is 1. The van der Waals surface area contributed by atoms with Crippen LogP contribution in [-0.4, -0.2) is 17.5 Å². The zero-order valence-corrected chi connectivity index (χ0v) is 11.6. The fraction of sp³-hybridized carbons (Fsp3) is 0.429. The lowest BCUT2D eigenvalue weighted by Gasteiger charge is -2.23. The van der Waals surface area contributed by atoms with E-state index in [2.05, 4.69) is 57.0 Å². The summed E-state index contributed by atoms with van der Waals surface area (Å²) in [5.41, 5.74) is 4.15. The van der Waals surface area contributed by atoms with Gasteiger partial charge in [0.2, 0.25) is 0 Å². The Morgan fingerprint density at radius 3 is 3.06 bits per heavy atom. The lowest BCUT2D eigenvalue weighted by molar-refractivity contribution is 0.452.